The number of benzene rings is 1. The molecule has 1 saturated heterocycles. The van der Waals surface area contributed by atoms with Crippen molar-refractivity contribution in [3.05, 3.63) is 42.5 Å². The second kappa shape index (κ2) is 4.43. The fourth-order valence-electron chi connectivity index (χ4n) is 1.68. The zero-order valence-corrected chi connectivity index (χ0v) is 7.70. The molecule has 0 spiro atoms. The Balaban J connectivity index is 1.90. The summed E-state index contributed by atoms with van der Waals surface area (Å²) in [6, 6.07) is 10.5. The first kappa shape index (κ1) is 8.76. The molecule has 2 radical (unpaired) electrons. The molecule has 13 heavy (non-hydrogen) atoms. The monoisotopic (exact) mass is 174 g/mol. The van der Waals surface area contributed by atoms with Crippen LogP contribution in [-0.2, 0) is 11.2 Å². The highest BCUT2D eigenvalue weighted by Gasteiger charge is 2.15. The lowest BCUT2D eigenvalue weighted by atomic mass is 9.94. The number of hydrogen-bond acceptors (Lipinski definition) is 1. The molecule has 0 bridgehead atoms. The quantitative estimate of drug-likeness (QED) is 0.669. The van der Waals surface area contributed by atoms with Crippen LogP contribution in [0.4, 0.5) is 0 Å². The Morgan fingerprint density at radius 2 is 2.15 bits per heavy atom. The molecular weight excluding hydrogens is 160 g/mol. The molecule has 0 aliphatic carbocycles. The van der Waals surface area contributed by atoms with Crippen LogP contribution in [0.15, 0.2) is 30.3 Å². The van der Waals surface area contributed by atoms with Crippen molar-refractivity contribution in [3.8, 4) is 0 Å². The Kier molecular flexibility index (Phi) is 2.98. The summed E-state index contributed by atoms with van der Waals surface area (Å²) in [5.74, 6) is 0.496. The van der Waals surface area contributed by atoms with Crippen molar-refractivity contribution >= 4 is 0 Å². The normalized spacial score (nSPS) is 22.9. The fraction of sp³-hybridized carbons (Fsp3) is 0.417. The molecule has 2 rings (SSSR count). The Bertz CT molecular complexity index is 237. The van der Waals surface area contributed by atoms with E-state index in [0.29, 0.717) is 5.92 Å². The van der Waals surface area contributed by atoms with Gasteiger partial charge in [-0.1, -0.05) is 30.3 Å². The lowest BCUT2D eigenvalue weighted by Crippen LogP contribution is -2.14. The third kappa shape index (κ3) is 2.56. The molecule has 1 aliphatic heterocycles. The van der Waals surface area contributed by atoms with E-state index in [4.69, 9.17) is 4.74 Å². The van der Waals surface area contributed by atoms with Gasteiger partial charge >= 0.3 is 0 Å². The molecule has 1 unspecified atom stereocenters. The summed E-state index contributed by atoms with van der Waals surface area (Å²) >= 11 is 0. The first-order valence-electron chi connectivity index (χ1n) is 4.86. The highest BCUT2D eigenvalue weighted by molar-refractivity contribution is 5.15. The standard InChI is InChI=1S/C12H14O/c1-2-5-11(6-3-1)9-12-7-4-8-13-10-12/h1-3,5-6,12H,4,7-9H2. The molecule has 68 valence electrons. The highest BCUT2D eigenvalue weighted by Crippen LogP contribution is 2.21. The Morgan fingerprint density at radius 1 is 1.31 bits per heavy atom. The van der Waals surface area contributed by atoms with Gasteiger partial charge < -0.3 is 4.74 Å². The lowest BCUT2D eigenvalue weighted by molar-refractivity contribution is 0.116. The van der Waals surface area contributed by atoms with Crippen molar-refractivity contribution < 1.29 is 4.74 Å². The SMILES string of the molecule is [C]1OCCCC1Cc1ccccc1. The second-order valence-electron chi connectivity index (χ2n) is 3.50. The van der Waals surface area contributed by atoms with Crippen LogP contribution in [0.5, 0.6) is 0 Å². The van der Waals surface area contributed by atoms with Gasteiger partial charge in [0.25, 0.3) is 0 Å². The van der Waals surface area contributed by atoms with Crippen molar-refractivity contribution in [2.24, 2.45) is 5.92 Å². The van der Waals surface area contributed by atoms with Crippen molar-refractivity contribution in [3.63, 3.8) is 0 Å². The number of ether oxygens (including phenoxy) is 1. The maximum Gasteiger partial charge on any atom is 0.135 e. The van der Waals surface area contributed by atoms with E-state index in [-0.39, 0.29) is 0 Å². The summed E-state index contributed by atoms with van der Waals surface area (Å²) < 4.78 is 5.20. The molecule has 1 heterocycles. The van der Waals surface area contributed by atoms with Crippen molar-refractivity contribution in [1.82, 2.24) is 0 Å². The van der Waals surface area contributed by atoms with Crippen LogP contribution in [0.3, 0.4) is 0 Å². The molecule has 1 heteroatoms. The van der Waals surface area contributed by atoms with Crippen LogP contribution in [0.1, 0.15) is 18.4 Å². The lowest BCUT2D eigenvalue weighted by Gasteiger charge is -2.20. The average molecular weight is 174 g/mol. The zero-order valence-electron chi connectivity index (χ0n) is 7.70. The summed E-state index contributed by atoms with van der Waals surface area (Å²) in [6.07, 6.45) is 3.46. The Labute approximate surface area is 79.7 Å². The number of rotatable bonds is 2. The molecule has 1 fully saturated rings. The predicted octanol–water partition coefficient (Wildman–Crippen LogP) is 2.69. The van der Waals surface area contributed by atoms with Crippen LogP contribution in [-0.4, -0.2) is 6.61 Å². The van der Waals surface area contributed by atoms with Gasteiger partial charge in [0.2, 0.25) is 0 Å². The van der Waals surface area contributed by atoms with Gasteiger partial charge in [-0.3, -0.25) is 0 Å². The van der Waals surface area contributed by atoms with E-state index >= 15 is 0 Å². The fourth-order valence-corrected chi connectivity index (χ4v) is 1.68. The zero-order chi connectivity index (χ0) is 8.93. The molecule has 1 aromatic rings. The van der Waals surface area contributed by atoms with Crippen LogP contribution < -0.4 is 0 Å². The van der Waals surface area contributed by atoms with E-state index in [1.165, 1.54) is 18.4 Å². The molecule has 1 aliphatic rings. The molecule has 0 N–H and O–H groups in total. The molecule has 1 atom stereocenters. The maximum absolute atomic E-state index is 5.20. The average Bonchev–Trinajstić information content (AvgIpc) is 2.21. The van der Waals surface area contributed by atoms with Gasteiger partial charge in [-0.05, 0) is 30.7 Å². The van der Waals surface area contributed by atoms with Gasteiger partial charge in [-0.25, -0.2) is 0 Å². The van der Waals surface area contributed by atoms with E-state index in [1.54, 1.807) is 0 Å². The highest BCUT2D eigenvalue weighted by atomic mass is 16.5. The van der Waals surface area contributed by atoms with E-state index < -0.39 is 0 Å². The smallest absolute Gasteiger partial charge is 0.135 e. The third-order valence-electron chi connectivity index (χ3n) is 2.37. The van der Waals surface area contributed by atoms with Crippen LogP contribution in [0.25, 0.3) is 0 Å². The van der Waals surface area contributed by atoms with Crippen molar-refractivity contribution in [1.29, 1.82) is 0 Å². The maximum atomic E-state index is 5.20. The molecule has 0 saturated carbocycles. The van der Waals surface area contributed by atoms with Crippen molar-refractivity contribution in [2.75, 3.05) is 6.61 Å². The third-order valence-corrected chi connectivity index (χ3v) is 2.37. The largest absolute Gasteiger partial charge is 0.368 e. The van der Waals surface area contributed by atoms with E-state index in [1.807, 2.05) is 6.07 Å². The van der Waals surface area contributed by atoms with Gasteiger partial charge in [-0.2, -0.15) is 0 Å². The van der Waals surface area contributed by atoms with Crippen LogP contribution in [0.2, 0.25) is 0 Å². The van der Waals surface area contributed by atoms with E-state index in [9.17, 15) is 0 Å². The van der Waals surface area contributed by atoms with Crippen molar-refractivity contribution in [2.45, 2.75) is 19.3 Å². The summed E-state index contributed by atoms with van der Waals surface area (Å²) in [6.45, 7) is 3.92. The second-order valence-corrected chi connectivity index (χ2v) is 3.50. The minimum absolute atomic E-state index is 0.496. The summed E-state index contributed by atoms with van der Waals surface area (Å²) in [5.41, 5.74) is 1.38. The minimum atomic E-state index is 0.496. The van der Waals surface area contributed by atoms with E-state index in [0.717, 1.165) is 13.0 Å². The Morgan fingerprint density at radius 3 is 2.85 bits per heavy atom. The van der Waals surface area contributed by atoms with Gasteiger partial charge in [0.1, 0.15) is 6.61 Å². The van der Waals surface area contributed by atoms with Gasteiger partial charge in [0.15, 0.2) is 0 Å². The van der Waals surface area contributed by atoms with Crippen LogP contribution in [0, 0.1) is 12.5 Å². The summed E-state index contributed by atoms with van der Waals surface area (Å²) in [5, 5.41) is 0. The number of hydrogen-bond donors (Lipinski definition) is 0. The van der Waals surface area contributed by atoms with Gasteiger partial charge in [0.05, 0.1) is 0 Å². The Hall–Kier alpha value is -0.820. The summed E-state index contributed by atoms with van der Waals surface area (Å²) in [7, 11) is 0. The first-order chi connectivity index (χ1) is 6.45. The minimum Gasteiger partial charge on any atom is -0.368 e. The first-order valence-corrected chi connectivity index (χ1v) is 4.86. The van der Waals surface area contributed by atoms with Crippen LogP contribution >= 0.6 is 0 Å². The summed E-state index contributed by atoms with van der Waals surface area (Å²) in [4.78, 5) is 0. The predicted molar refractivity (Wildman–Crippen MR) is 52.1 cm³/mol. The van der Waals surface area contributed by atoms with E-state index in [2.05, 4.69) is 30.9 Å². The van der Waals surface area contributed by atoms with Gasteiger partial charge in [-0.15, -0.1) is 0 Å². The molecule has 0 amide bonds. The topological polar surface area (TPSA) is 9.23 Å². The molecular formula is C12H14O. The van der Waals surface area contributed by atoms with Gasteiger partial charge in [0, 0.05) is 6.61 Å². The molecule has 1 nitrogen and oxygen atoms in total. The molecule has 1 aromatic carbocycles. The molecule has 0 aromatic heterocycles.